The van der Waals surface area contributed by atoms with Gasteiger partial charge in [0.1, 0.15) is 0 Å². The van der Waals surface area contributed by atoms with Gasteiger partial charge in [-0.1, -0.05) is 0 Å². The largest absolute Gasteiger partial charge is 0.374 e. The van der Waals surface area contributed by atoms with Gasteiger partial charge in [0, 0.05) is 11.5 Å². The number of carbonyl (C=O) groups is 1. The molecule has 1 aromatic rings. The third-order valence-electron chi connectivity index (χ3n) is 2.37. The normalized spacial score (nSPS) is 15.1. The summed E-state index contributed by atoms with van der Waals surface area (Å²) in [5.74, 6) is 0.0926. The third kappa shape index (κ3) is 1.39. The standard InChI is InChI=1S/C10H11BrN2O/c1-6-3-7(11)10-8(4-6)13(2)9(14)5-12-10/h3-4,12H,5H2,1-2H3. The number of hydrogen-bond acceptors (Lipinski definition) is 2. The van der Waals surface area contributed by atoms with Gasteiger partial charge in [-0.05, 0) is 40.5 Å². The van der Waals surface area contributed by atoms with E-state index >= 15 is 0 Å². The Bertz CT molecular complexity index is 403. The zero-order chi connectivity index (χ0) is 10.3. The molecule has 14 heavy (non-hydrogen) atoms. The van der Waals surface area contributed by atoms with Crippen molar-refractivity contribution in [2.75, 3.05) is 23.8 Å². The van der Waals surface area contributed by atoms with Gasteiger partial charge >= 0.3 is 0 Å². The molecule has 1 aliphatic rings. The highest BCUT2D eigenvalue weighted by Gasteiger charge is 2.22. The van der Waals surface area contributed by atoms with Crippen LogP contribution in [-0.4, -0.2) is 19.5 Å². The highest BCUT2D eigenvalue weighted by atomic mass is 79.9. The van der Waals surface area contributed by atoms with Crippen molar-refractivity contribution in [3.8, 4) is 0 Å². The number of anilines is 2. The SMILES string of the molecule is Cc1cc(Br)c2c(c1)N(C)C(=O)CN2. The fourth-order valence-corrected chi connectivity index (χ4v) is 2.28. The monoisotopic (exact) mass is 254 g/mol. The molecule has 0 bridgehead atoms. The van der Waals surface area contributed by atoms with Crippen LogP contribution in [0.2, 0.25) is 0 Å². The van der Waals surface area contributed by atoms with E-state index in [4.69, 9.17) is 0 Å². The zero-order valence-corrected chi connectivity index (χ0v) is 9.68. The highest BCUT2D eigenvalue weighted by molar-refractivity contribution is 9.10. The van der Waals surface area contributed by atoms with Gasteiger partial charge in [0.25, 0.3) is 0 Å². The summed E-state index contributed by atoms with van der Waals surface area (Å²) in [6, 6.07) is 4.04. The molecule has 1 N–H and O–H groups in total. The molecular weight excluding hydrogens is 244 g/mol. The topological polar surface area (TPSA) is 32.3 Å². The highest BCUT2D eigenvalue weighted by Crippen LogP contribution is 2.36. The van der Waals surface area contributed by atoms with Crippen LogP contribution in [0.25, 0.3) is 0 Å². The maximum atomic E-state index is 11.4. The Morgan fingerprint density at radius 3 is 2.93 bits per heavy atom. The van der Waals surface area contributed by atoms with E-state index in [9.17, 15) is 4.79 Å². The number of nitrogens with zero attached hydrogens (tertiary/aromatic N) is 1. The molecule has 0 spiro atoms. The summed E-state index contributed by atoms with van der Waals surface area (Å²) < 4.78 is 1.01. The summed E-state index contributed by atoms with van der Waals surface area (Å²) in [5.41, 5.74) is 3.07. The summed E-state index contributed by atoms with van der Waals surface area (Å²) in [6.07, 6.45) is 0. The van der Waals surface area contributed by atoms with Crippen molar-refractivity contribution in [1.82, 2.24) is 0 Å². The van der Waals surface area contributed by atoms with Crippen LogP contribution >= 0.6 is 15.9 Å². The summed E-state index contributed by atoms with van der Waals surface area (Å²) in [7, 11) is 1.80. The first-order valence-corrected chi connectivity index (χ1v) is 5.19. The van der Waals surface area contributed by atoms with Crippen LogP contribution in [0.15, 0.2) is 16.6 Å². The molecule has 0 atom stereocenters. The number of nitrogens with one attached hydrogen (secondary N) is 1. The Morgan fingerprint density at radius 2 is 2.21 bits per heavy atom. The van der Waals surface area contributed by atoms with E-state index in [0.717, 1.165) is 21.4 Å². The molecule has 1 aliphatic heterocycles. The third-order valence-corrected chi connectivity index (χ3v) is 2.99. The summed E-state index contributed by atoms with van der Waals surface area (Å²) in [5, 5.41) is 3.10. The van der Waals surface area contributed by atoms with Crippen molar-refractivity contribution in [2.24, 2.45) is 0 Å². The van der Waals surface area contributed by atoms with E-state index in [-0.39, 0.29) is 5.91 Å². The van der Waals surface area contributed by atoms with Gasteiger partial charge in [-0.25, -0.2) is 0 Å². The number of fused-ring (bicyclic) bond motifs is 1. The van der Waals surface area contributed by atoms with Crippen LogP contribution < -0.4 is 10.2 Å². The van der Waals surface area contributed by atoms with Crippen molar-refractivity contribution >= 4 is 33.2 Å². The first-order valence-electron chi connectivity index (χ1n) is 4.40. The zero-order valence-electron chi connectivity index (χ0n) is 8.10. The predicted octanol–water partition coefficient (Wildman–Crippen LogP) is 2.15. The van der Waals surface area contributed by atoms with Crippen LogP contribution in [0, 0.1) is 6.92 Å². The van der Waals surface area contributed by atoms with E-state index in [1.165, 1.54) is 0 Å². The number of hydrogen-bond donors (Lipinski definition) is 1. The van der Waals surface area contributed by atoms with E-state index in [0.29, 0.717) is 6.54 Å². The average molecular weight is 255 g/mol. The molecule has 1 amide bonds. The predicted molar refractivity (Wildman–Crippen MR) is 60.8 cm³/mol. The fraction of sp³-hybridized carbons (Fsp3) is 0.300. The van der Waals surface area contributed by atoms with Crippen LogP contribution in [0.3, 0.4) is 0 Å². The molecule has 2 rings (SSSR count). The minimum absolute atomic E-state index is 0.0926. The fourth-order valence-electron chi connectivity index (χ4n) is 1.58. The van der Waals surface area contributed by atoms with Gasteiger partial charge < -0.3 is 10.2 Å². The van der Waals surface area contributed by atoms with E-state index in [2.05, 4.69) is 21.2 Å². The lowest BCUT2D eigenvalue weighted by Gasteiger charge is -2.28. The van der Waals surface area contributed by atoms with Crippen LogP contribution in [-0.2, 0) is 4.79 Å². The van der Waals surface area contributed by atoms with Crippen LogP contribution in [0.1, 0.15) is 5.56 Å². The second kappa shape index (κ2) is 3.28. The lowest BCUT2D eigenvalue weighted by Crippen LogP contribution is -2.36. The maximum absolute atomic E-state index is 11.4. The van der Waals surface area contributed by atoms with Crippen molar-refractivity contribution in [1.29, 1.82) is 0 Å². The summed E-state index contributed by atoms with van der Waals surface area (Å²) in [4.78, 5) is 13.1. The molecular formula is C10H11BrN2O. The summed E-state index contributed by atoms with van der Waals surface area (Å²) >= 11 is 3.48. The lowest BCUT2D eigenvalue weighted by molar-refractivity contribution is -0.116. The maximum Gasteiger partial charge on any atom is 0.246 e. The molecule has 0 saturated heterocycles. The Labute approximate surface area is 91.2 Å². The van der Waals surface area contributed by atoms with Crippen LogP contribution in [0.4, 0.5) is 11.4 Å². The number of aryl methyl sites for hydroxylation is 1. The number of benzene rings is 1. The molecule has 4 heteroatoms. The molecule has 0 aromatic heterocycles. The van der Waals surface area contributed by atoms with Crippen molar-refractivity contribution in [3.05, 3.63) is 22.2 Å². The van der Waals surface area contributed by atoms with Crippen molar-refractivity contribution < 1.29 is 4.79 Å². The number of rotatable bonds is 0. The number of carbonyl (C=O) groups excluding carboxylic acids is 1. The average Bonchev–Trinajstić information content (AvgIpc) is 2.12. The van der Waals surface area contributed by atoms with E-state index < -0.39 is 0 Å². The smallest absolute Gasteiger partial charge is 0.246 e. The lowest BCUT2D eigenvalue weighted by atomic mass is 10.1. The Morgan fingerprint density at radius 1 is 1.50 bits per heavy atom. The molecule has 0 radical (unpaired) electrons. The molecule has 0 aliphatic carbocycles. The minimum Gasteiger partial charge on any atom is -0.374 e. The van der Waals surface area contributed by atoms with Gasteiger partial charge in [-0.15, -0.1) is 0 Å². The molecule has 0 unspecified atom stereocenters. The van der Waals surface area contributed by atoms with E-state index in [1.807, 2.05) is 19.1 Å². The minimum atomic E-state index is 0.0926. The quantitative estimate of drug-likeness (QED) is 0.770. The van der Waals surface area contributed by atoms with E-state index in [1.54, 1.807) is 11.9 Å². The molecule has 1 heterocycles. The van der Waals surface area contributed by atoms with Crippen LogP contribution in [0.5, 0.6) is 0 Å². The van der Waals surface area contributed by atoms with Gasteiger partial charge in [0.05, 0.1) is 17.9 Å². The number of likely N-dealkylation sites (N-methyl/N-ethyl adjacent to an activating group) is 1. The summed E-state index contributed by atoms with van der Waals surface area (Å²) in [6.45, 7) is 2.38. The Hall–Kier alpha value is -1.03. The van der Waals surface area contributed by atoms with Gasteiger partial charge in [0.15, 0.2) is 0 Å². The second-order valence-corrected chi connectivity index (χ2v) is 4.30. The molecule has 0 saturated carbocycles. The Kier molecular flexibility index (Phi) is 2.23. The molecule has 1 aromatic carbocycles. The van der Waals surface area contributed by atoms with Gasteiger partial charge in [0.2, 0.25) is 5.91 Å². The molecule has 0 fully saturated rings. The van der Waals surface area contributed by atoms with Crippen molar-refractivity contribution in [2.45, 2.75) is 6.92 Å². The van der Waals surface area contributed by atoms with Gasteiger partial charge in [-0.2, -0.15) is 0 Å². The number of amides is 1. The number of halogens is 1. The Balaban J connectivity index is 2.59. The second-order valence-electron chi connectivity index (χ2n) is 3.45. The van der Waals surface area contributed by atoms with Gasteiger partial charge in [-0.3, -0.25) is 4.79 Å². The first kappa shape index (κ1) is 9.52. The molecule has 3 nitrogen and oxygen atoms in total. The molecule has 74 valence electrons. The van der Waals surface area contributed by atoms with Crippen molar-refractivity contribution in [3.63, 3.8) is 0 Å². The first-order chi connectivity index (χ1) is 6.59.